The zero-order chi connectivity index (χ0) is 17.5. The maximum atomic E-state index is 9.00. The van der Waals surface area contributed by atoms with Crippen LogP contribution in [0.1, 0.15) is 30.0 Å². The molecule has 6 nitrogen and oxygen atoms in total. The molecule has 0 saturated heterocycles. The van der Waals surface area contributed by atoms with E-state index in [-0.39, 0.29) is 0 Å². The second-order valence-corrected chi connectivity index (χ2v) is 6.90. The first-order valence-electron chi connectivity index (χ1n) is 8.83. The first-order chi connectivity index (χ1) is 12.8. The van der Waals surface area contributed by atoms with Gasteiger partial charge >= 0.3 is 0 Å². The second kappa shape index (κ2) is 5.97. The Morgan fingerprint density at radius 2 is 2.19 bits per heavy atom. The Hall–Kier alpha value is -3.17. The molecule has 26 heavy (non-hydrogen) atoms. The molecule has 0 radical (unpaired) electrons. The summed E-state index contributed by atoms with van der Waals surface area (Å²) >= 11 is 0. The van der Waals surface area contributed by atoms with E-state index in [4.69, 9.17) is 5.26 Å². The third-order valence-corrected chi connectivity index (χ3v) is 5.28. The molecule has 1 aliphatic rings. The molecule has 0 bridgehead atoms. The third-order valence-electron chi connectivity index (χ3n) is 5.28. The summed E-state index contributed by atoms with van der Waals surface area (Å²) < 4.78 is 2.29. The minimum Gasteiger partial charge on any atom is -0.346 e. The molecule has 1 aromatic carbocycles. The van der Waals surface area contributed by atoms with E-state index in [0.717, 1.165) is 41.5 Å². The van der Waals surface area contributed by atoms with Gasteiger partial charge in [0.2, 0.25) is 0 Å². The van der Waals surface area contributed by atoms with Crippen LogP contribution in [0.2, 0.25) is 0 Å². The lowest BCUT2D eigenvalue weighted by atomic mass is 9.86. The number of benzene rings is 1. The maximum Gasteiger partial charge on any atom is 0.139 e. The third kappa shape index (κ3) is 2.45. The predicted octanol–water partition coefficient (Wildman–Crippen LogP) is 3.28. The van der Waals surface area contributed by atoms with Crippen molar-refractivity contribution in [2.24, 2.45) is 0 Å². The molecule has 3 aromatic heterocycles. The summed E-state index contributed by atoms with van der Waals surface area (Å²) in [5, 5.41) is 13.7. The summed E-state index contributed by atoms with van der Waals surface area (Å²) in [6, 6.07) is 13.0. The largest absolute Gasteiger partial charge is 0.346 e. The average Bonchev–Trinajstić information content (AvgIpc) is 3.26. The molecule has 6 heteroatoms. The minimum absolute atomic E-state index is 0.462. The number of fused-ring (bicyclic) bond motifs is 3. The normalized spacial score (nSPS) is 19.5. The van der Waals surface area contributed by atoms with E-state index in [1.165, 1.54) is 5.52 Å². The maximum absolute atomic E-state index is 9.00. The van der Waals surface area contributed by atoms with Gasteiger partial charge in [0.15, 0.2) is 0 Å². The number of hydrogen-bond donors (Lipinski definition) is 2. The fourth-order valence-electron chi connectivity index (χ4n) is 3.80. The van der Waals surface area contributed by atoms with Gasteiger partial charge < -0.3 is 14.9 Å². The summed E-state index contributed by atoms with van der Waals surface area (Å²) in [6.07, 6.45) is 7.86. The van der Waals surface area contributed by atoms with Crippen LogP contribution in [0.5, 0.6) is 0 Å². The van der Waals surface area contributed by atoms with Crippen LogP contribution in [-0.4, -0.2) is 25.6 Å². The standard InChI is InChI=1S/C20H18N6/c21-9-13-2-1-3-14(6-13)10-23-15-7-16(8-15)26-12-25-18-11-24-20-17(19(18)26)4-5-22-20/h1-6,11-12,15-16,23H,7-8,10H2,(H,22,24). The zero-order valence-corrected chi connectivity index (χ0v) is 14.2. The molecule has 1 fully saturated rings. The van der Waals surface area contributed by atoms with Crippen molar-refractivity contribution in [2.45, 2.75) is 31.5 Å². The minimum atomic E-state index is 0.462. The van der Waals surface area contributed by atoms with Gasteiger partial charge in [0.25, 0.3) is 0 Å². The van der Waals surface area contributed by atoms with Crippen LogP contribution in [0.15, 0.2) is 49.1 Å². The van der Waals surface area contributed by atoms with Gasteiger partial charge in [-0.2, -0.15) is 5.26 Å². The number of aromatic amines is 1. The Morgan fingerprint density at radius 3 is 3.08 bits per heavy atom. The number of pyridine rings is 1. The van der Waals surface area contributed by atoms with Crippen molar-refractivity contribution in [1.82, 2.24) is 24.8 Å². The van der Waals surface area contributed by atoms with Crippen LogP contribution in [0.4, 0.5) is 0 Å². The molecule has 2 N–H and O–H groups in total. The lowest BCUT2D eigenvalue weighted by molar-refractivity contribution is 0.228. The first kappa shape index (κ1) is 15.1. The fraction of sp³-hybridized carbons (Fsp3) is 0.250. The fourth-order valence-corrected chi connectivity index (χ4v) is 3.80. The SMILES string of the molecule is N#Cc1cccc(CNC2CC(n3cnc4cnc5[nH]ccc5c43)C2)c1. The second-order valence-electron chi connectivity index (χ2n) is 6.90. The van der Waals surface area contributed by atoms with Crippen molar-refractivity contribution in [3.05, 3.63) is 60.2 Å². The Morgan fingerprint density at radius 1 is 1.27 bits per heavy atom. The molecule has 4 aromatic rings. The summed E-state index contributed by atoms with van der Waals surface area (Å²) in [5.74, 6) is 0. The van der Waals surface area contributed by atoms with Crippen molar-refractivity contribution in [2.75, 3.05) is 0 Å². The monoisotopic (exact) mass is 342 g/mol. The molecule has 0 unspecified atom stereocenters. The Labute approximate surface area is 150 Å². The molecule has 0 spiro atoms. The van der Waals surface area contributed by atoms with Gasteiger partial charge in [0.1, 0.15) is 11.2 Å². The van der Waals surface area contributed by atoms with Gasteiger partial charge in [0, 0.05) is 30.2 Å². The Bertz CT molecular complexity index is 1130. The quantitative estimate of drug-likeness (QED) is 0.596. The topological polar surface area (TPSA) is 82.3 Å². The van der Waals surface area contributed by atoms with Gasteiger partial charge in [-0.3, -0.25) is 0 Å². The molecule has 0 atom stereocenters. The lowest BCUT2D eigenvalue weighted by Crippen LogP contribution is -2.41. The summed E-state index contributed by atoms with van der Waals surface area (Å²) in [4.78, 5) is 12.1. The molecule has 0 amide bonds. The number of hydrogen-bond acceptors (Lipinski definition) is 4. The highest BCUT2D eigenvalue weighted by atomic mass is 15.1. The Balaban J connectivity index is 1.29. The number of rotatable bonds is 4. The van der Waals surface area contributed by atoms with Crippen LogP contribution in [0.25, 0.3) is 22.1 Å². The van der Waals surface area contributed by atoms with E-state index in [2.05, 4.69) is 43.0 Å². The number of nitrogens with zero attached hydrogens (tertiary/aromatic N) is 4. The molecular formula is C20H18N6. The highest BCUT2D eigenvalue weighted by Gasteiger charge is 2.31. The van der Waals surface area contributed by atoms with Crippen molar-refractivity contribution in [3.8, 4) is 6.07 Å². The zero-order valence-electron chi connectivity index (χ0n) is 14.2. The Kier molecular flexibility index (Phi) is 3.47. The number of aromatic nitrogens is 4. The first-order valence-corrected chi connectivity index (χ1v) is 8.83. The number of nitriles is 1. The van der Waals surface area contributed by atoms with Crippen LogP contribution in [0.3, 0.4) is 0 Å². The smallest absolute Gasteiger partial charge is 0.139 e. The lowest BCUT2D eigenvalue weighted by Gasteiger charge is -2.37. The molecule has 3 heterocycles. The van der Waals surface area contributed by atoms with Crippen LogP contribution in [-0.2, 0) is 6.54 Å². The van der Waals surface area contributed by atoms with Gasteiger partial charge in [-0.15, -0.1) is 0 Å². The van der Waals surface area contributed by atoms with Crippen molar-refractivity contribution in [1.29, 1.82) is 5.26 Å². The predicted molar refractivity (Wildman–Crippen MR) is 99.4 cm³/mol. The van der Waals surface area contributed by atoms with Crippen LogP contribution < -0.4 is 5.32 Å². The van der Waals surface area contributed by atoms with Crippen molar-refractivity contribution < 1.29 is 0 Å². The van der Waals surface area contributed by atoms with E-state index < -0.39 is 0 Å². The van der Waals surface area contributed by atoms with E-state index in [1.54, 1.807) is 0 Å². The highest BCUT2D eigenvalue weighted by Crippen LogP contribution is 2.36. The van der Waals surface area contributed by atoms with Gasteiger partial charge in [-0.1, -0.05) is 12.1 Å². The number of imidazole rings is 1. The highest BCUT2D eigenvalue weighted by molar-refractivity contribution is 6.00. The molecule has 5 rings (SSSR count). The van der Waals surface area contributed by atoms with Gasteiger partial charge in [-0.25, -0.2) is 9.97 Å². The van der Waals surface area contributed by atoms with Crippen LogP contribution in [0, 0.1) is 11.3 Å². The van der Waals surface area contributed by atoms with E-state index in [0.29, 0.717) is 17.6 Å². The number of H-pyrrole nitrogens is 1. The van der Waals surface area contributed by atoms with Crippen molar-refractivity contribution in [3.63, 3.8) is 0 Å². The molecular weight excluding hydrogens is 324 g/mol. The molecule has 0 aliphatic heterocycles. The molecule has 1 saturated carbocycles. The van der Waals surface area contributed by atoms with E-state index in [9.17, 15) is 0 Å². The number of nitrogens with one attached hydrogen (secondary N) is 2. The van der Waals surface area contributed by atoms with E-state index in [1.807, 2.05) is 36.9 Å². The van der Waals surface area contributed by atoms with Gasteiger partial charge in [0.05, 0.1) is 29.7 Å². The van der Waals surface area contributed by atoms with Gasteiger partial charge in [-0.05, 0) is 36.6 Å². The average molecular weight is 342 g/mol. The summed E-state index contributed by atoms with van der Waals surface area (Å²) in [7, 11) is 0. The summed E-state index contributed by atoms with van der Waals surface area (Å²) in [6.45, 7) is 0.795. The van der Waals surface area contributed by atoms with Crippen LogP contribution >= 0.6 is 0 Å². The van der Waals surface area contributed by atoms with Crippen molar-refractivity contribution >= 4 is 22.1 Å². The molecule has 1 aliphatic carbocycles. The summed E-state index contributed by atoms with van der Waals surface area (Å²) in [5.41, 5.74) is 4.89. The molecule has 128 valence electrons. The van der Waals surface area contributed by atoms with E-state index >= 15 is 0 Å².